The molecule has 2 bridgehead atoms. The molecule has 2 atom stereocenters. The summed E-state index contributed by atoms with van der Waals surface area (Å²) in [6.45, 7) is 0. The monoisotopic (exact) mass is 422 g/mol. The second-order valence-corrected chi connectivity index (χ2v) is 8.42. The van der Waals surface area contributed by atoms with Crippen LogP contribution in [-0.4, -0.2) is 24.2 Å². The van der Waals surface area contributed by atoms with Gasteiger partial charge in [0.2, 0.25) is 11.8 Å². The van der Waals surface area contributed by atoms with Gasteiger partial charge in [-0.3, -0.25) is 0 Å². The fraction of sp³-hybridized carbons (Fsp3) is 0.222. The highest BCUT2D eigenvalue weighted by Gasteiger charge is 2.60. The highest BCUT2D eigenvalue weighted by Crippen LogP contribution is 2.58. The normalized spacial score (nSPS) is 19.7. The Kier molecular flexibility index (Phi) is 4.25. The zero-order valence-corrected chi connectivity index (χ0v) is 18.1. The number of rotatable bonds is 4. The summed E-state index contributed by atoms with van der Waals surface area (Å²) in [6.07, 6.45) is 3.06. The van der Waals surface area contributed by atoms with Crippen LogP contribution in [0.25, 0.3) is 0 Å². The van der Waals surface area contributed by atoms with E-state index in [1.165, 1.54) is 16.8 Å². The number of hydrogen-bond donors (Lipinski definition) is 0. The highest BCUT2D eigenvalue weighted by molar-refractivity contribution is 5.52. The van der Waals surface area contributed by atoms with Crippen LogP contribution in [0.15, 0.2) is 85.1 Å². The molecule has 5 heterocycles. The zero-order valence-electron chi connectivity index (χ0n) is 18.1. The molecule has 3 aliphatic rings. The quantitative estimate of drug-likeness (QED) is 0.463. The van der Waals surface area contributed by atoms with E-state index in [0.29, 0.717) is 11.8 Å². The Labute approximate surface area is 187 Å². The van der Waals surface area contributed by atoms with Gasteiger partial charge < -0.3 is 9.47 Å². The lowest BCUT2D eigenvalue weighted by Crippen LogP contribution is -2.60. The van der Waals surface area contributed by atoms with Crippen molar-refractivity contribution >= 4 is 0 Å². The van der Waals surface area contributed by atoms with Crippen LogP contribution >= 0.6 is 0 Å². The van der Waals surface area contributed by atoms with Crippen LogP contribution in [0.3, 0.4) is 0 Å². The maximum Gasteiger partial charge on any atom is 0.213 e. The van der Waals surface area contributed by atoms with E-state index in [0.717, 1.165) is 17.8 Å². The van der Waals surface area contributed by atoms with Gasteiger partial charge in [0.25, 0.3) is 0 Å². The van der Waals surface area contributed by atoms with Gasteiger partial charge in [-0.2, -0.15) is 4.57 Å². The van der Waals surface area contributed by atoms with Crippen LogP contribution in [0.5, 0.6) is 11.8 Å². The molecule has 1 aromatic carbocycles. The molecule has 0 fully saturated rings. The van der Waals surface area contributed by atoms with Gasteiger partial charge in [0.05, 0.1) is 36.9 Å². The van der Waals surface area contributed by atoms with Gasteiger partial charge in [-0.15, -0.1) is 0 Å². The summed E-state index contributed by atoms with van der Waals surface area (Å²) in [6, 6.07) is 27.5. The summed E-state index contributed by atoms with van der Waals surface area (Å²) in [5.74, 6) is 1.28. The van der Waals surface area contributed by atoms with Gasteiger partial charge in [0.15, 0.2) is 17.9 Å². The predicted molar refractivity (Wildman–Crippen MR) is 120 cm³/mol. The van der Waals surface area contributed by atoms with Crippen LogP contribution in [0, 0.1) is 0 Å². The maximum atomic E-state index is 5.53. The van der Waals surface area contributed by atoms with Gasteiger partial charge in [0, 0.05) is 36.2 Å². The van der Waals surface area contributed by atoms with Gasteiger partial charge in [0.1, 0.15) is 0 Å². The molecule has 5 nitrogen and oxygen atoms in total. The van der Waals surface area contributed by atoms with Gasteiger partial charge in [-0.25, -0.2) is 9.97 Å². The first kappa shape index (κ1) is 19.0. The molecule has 0 spiro atoms. The van der Waals surface area contributed by atoms with Crippen molar-refractivity contribution in [1.29, 1.82) is 0 Å². The van der Waals surface area contributed by atoms with Crippen molar-refractivity contribution < 1.29 is 14.0 Å². The molecule has 4 aromatic rings. The predicted octanol–water partition coefficient (Wildman–Crippen LogP) is 4.21. The Morgan fingerprint density at radius 3 is 2.03 bits per heavy atom. The minimum atomic E-state index is -0.455. The lowest BCUT2D eigenvalue weighted by molar-refractivity contribution is -0.732. The summed E-state index contributed by atoms with van der Waals surface area (Å²) in [4.78, 5) is 9.94. The molecular weight excluding hydrogens is 398 g/mol. The average molecular weight is 423 g/mol. The number of aromatic nitrogens is 3. The molecule has 2 aliphatic heterocycles. The number of pyridine rings is 3. The molecule has 2 unspecified atom stereocenters. The molecule has 1 aliphatic carbocycles. The number of hydrogen-bond acceptors (Lipinski definition) is 4. The molecule has 0 saturated carbocycles. The van der Waals surface area contributed by atoms with Gasteiger partial charge in [-0.05, 0) is 17.7 Å². The minimum absolute atomic E-state index is 0.0594. The number of methoxy groups -OCH3 is 2. The molecule has 32 heavy (non-hydrogen) atoms. The van der Waals surface area contributed by atoms with E-state index in [9.17, 15) is 0 Å². The standard InChI is InChI=1S/C27H24N3O2/c1-31-24-14-7-12-22(28-24)27(23-13-8-15-25(29-23)32-2)17-21-18-9-3-4-10-19(18)26(27)20-11-5-6-16-30(20)21/h3-16,21,26H,17H2,1-2H3/q+1. The topological polar surface area (TPSA) is 48.1 Å². The van der Waals surface area contributed by atoms with Crippen molar-refractivity contribution in [2.75, 3.05) is 14.2 Å². The summed E-state index contributed by atoms with van der Waals surface area (Å²) in [5, 5.41) is 0. The summed E-state index contributed by atoms with van der Waals surface area (Å²) in [7, 11) is 3.33. The second kappa shape index (κ2) is 7.16. The fourth-order valence-electron chi connectivity index (χ4n) is 5.72. The van der Waals surface area contributed by atoms with Crippen LogP contribution < -0.4 is 14.0 Å². The Hall–Kier alpha value is -3.73. The summed E-state index contributed by atoms with van der Waals surface area (Å²) < 4.78 is 13.5. The third-order valence-corrected chi connectivity index (χ3v) is 7.01. The molecule has 0 N–H and O–H groups in total. The Morgan fingerprint density at radius 1 is 0.750 bits per heavy atom. The van der Waals surface area contributed by atoms with Crippen LogP contribution in [0.2, 0.25) is 0 Å². The SMILES string of the molecule is COc1cccc(C2(c3cccc(OC)n3)CC3c4ccccc4C2c2cccc[n+]23)n1. The maximum absolute atomic E-state index is 5.53. The Balaban J connectivity index is 1.71. The molecular formula is C27H24N3O2+. The lowest BCUT2D eigenvalue weighted by atomic mass is 9.55. The van der Waals surface area contributed by atoms with E-state index >= 15 is 0 Å². The van der Waals surface area contributed by atoms with E-state index in [1.807, 2.05) is 24.3 Å². The average Bonchev–Trinajstić information content (AvgIpc) is 2.88. The number of ether oxygens (including phenoxy) is 2. The lowest BCUT2D eigenvalue weighted by Gasteiger charge is -2.48. The third kappa shape index (κ3) is 2.54. The molecule has 3 aromatic heterocycles. The first-order valence-electron chi connectivity index (χ1n) is 10.9. The van der Waals surface area contributed by atoms with E-state index in [-0.39, 0.29) is 12.0 Å². The Morgan fingerprint density at radius 2 is 1.38 bits per heavy atom. The second-order valence-electron chi connectivity index (χ2n) is 8.42. The highest BCUT2D eigenvalue weighted by atomic mass is 16.5. The summed E-state index contributed by atoms with van der Waals surface area (Å²) in [5.41, 5.74) is 5.47. The zero-order chi connectivity index (χ0) is 21.7. The van der Waals surface area contributed by atoms with Crippen molar-refractivity contribution in [2.24, 2.45) is 0 Å². The molecule has 0 radical (unpaired) electrons. The molecule has 0 saturated heterocycles. The van der Waals surface area contributed by atoms with Crippen molar-refractivity contribution in [3.8, 4) is 11.8 Å². The van der Waals surface area contributed by atoms with E-state index in [1.54, 1.807) is 14.2 Å². The summed E-state index contributed by atoms with van der Waals surface area (Å²) >= 11 is 0. The molecule has 158 valence electrons. The number of fused-ring (bicyclic) bond motifs is 1. The number of nitrogens with zero attached hydrogens (tertiary/aromatic N) is 3. The molecule has 7 rings (SSSR count). The van der Waals surface area contributed by atoms with Crippen LogP contribution in [-0.2, 0) is 5.41 Å². The van der Waals surface area contributed by atoms with Crippen molar-refractivity contribution in [1.82, 2.24) is 9.97 Å². The van der Waals surface area contributed by atoms with Gasteiger partial charge >= 0.3 is 0 Å². The molecule has 5 heteroatoms. The fourth-order valence-corrected chi connectivity index (χ4v) is 5.72. The minimum Gasteiger partial charge on any atom is -0.481 e. The van der Waals surface area contributed by atoms with E-state index in [4.69, 9.17) is 19.4 Å². The first-order chi connectivity index (χ1) is 15.8. The number of benzene rings is 1. The largest absolute Gasteiger partial charge is 0.481 e. The Bertz CT molecular complexity index is 1220. The first-order valence-corrected chi connectivity index (χ1v) is 10.9. The van der Waals surface area contributed by atoms with Crippen LogP contribution in [0.4, 0.5) is 0 Å². The smallest absolute Gasteiger partial charge is 0.213 e. The van der Waals surface area contributed by atoms with E-state index < -0.39 is 5.41 Å². The van der Waals surface area contributed by atoms with Crippen molar-refractivity contribution in [2.45, 2.75) is 23.8 Å². The van der Waals surface area contributed by atoms with Crippen molar-refractivity contribution in [3.63, 3.8) is 0 Å². The third-order valence-electron chi connectivity index (χ3n) is 7.01. The van der Waals surface area contributed by atoms with E-state index in [2.05, 4.69) is 65.4 Å². The van der Waals surface area contributed by atoms with Crippen molar-refractivity contribution in [3.05, 3.63) is 113 Å². The molecule has 0 amide bonds. The van der Waals surface area contributed by atoms with Gasteiger partial charge in [-0.1, -0.05) is 42.5 Å². The van der Waals surface area contributed by atoms with Crippen LogP contribution in [0.1, 0.15) is 46.6 Å².